The summed E-state index contributed by atoms with van der Waals surface area (Å²) >= 11 is 0. The van der Waals surface area contributed by atoms with Crippen LogP contribution >= 0.6 is 0 Å². The highest BCUT2D eigenvalue weighted by atomic mass is 19.4. The lowest BCUT2D eigenvalue weighted by molar-refractivity contribution is -0.149. The van der Waals surface area contributed by atoms with Crippen LogP contribution in [0.3, 0.4) is 0 Å². The number of alkyl halides is 3. The molecular weight excluding hydrogens is 281 g/mol. The molecule has 0 aromatic heterocycles. The second-order valence-electron chi connectivity index (χ2n) is 6.85. The molecule has 122 valence electrons. The molecule has 2 fully saturated rings. The maximum atomic E-state index is 12.4. The number of hydrogen-bond donors (Lipinski definition) is 0. The number of nitrogens with zero attached hydrogens (tertiary/aromatic N) is 2. The Morgan fingerprint density at radius 2 is 1.81 bits per heavy atom. The van der Waals surface area contributed by atoms with Crippen molar-refractivity contribution in [1.82, 2.24) is 9.80 Å². The quantitative estimate of drug-likeness (QED) is 0.746. The third-order valence-corrected chi connectivity index (χ3v) is 4.78. The number of aldehydes is 1. The van der Waals surface area contributed by atoms with E-state index in [1.165, 1.54) is 11.3 Å². The van der Waals surface area contributed by atoms with Crippen molar-refractivity contribution in [3.8, 4) is 0 Å². The average Bonchev–Trinajstić information content (AvgIpc) is 2.39. The number of rotatable bonds is 4. The predicted molar refractivity (Wildman–Crippen MR) is 75.1 cm³/mol. The van der Waals surface area contributed by atoms with E-state index in [-0.39, 0.29) is 5.41 Å². The first-order valence-corrected chi connectivity index (χ1v) is 7.80. The van der Waals surface area contributed by atoms with Gasteiger partial charge in [-0.25, -0.2) is 0 Å². The summed E-state index contributed by atoms with van der Waals surface area (Å²) in [7, 11) is 0. The first-order valence-electron chi connectivity index (χ1n) is 7.80. The van der Waals surface area contributed by atoms with Crippen molar-refractivity contribution in [2.75, 3.05) is 39.3 Å². The summed E-state index contributed by atoms with van der Waals surface area (Å²) in [6.07, 6.45) is 1.07. The summed E-state index contributed by atoms with van der Waals surface area (Å²) in [5.41, 5.74) is -0.274. The van der Waals surface area contributed by atoms with Crippen LogP contribution in [0.4, 0.5) is 13.2 Å². The van der Waals surface area contributed by atoms with Crippen LogP contribution in [0.15, 0.2) is 0 Å². The van der Waals surface area contributed by atoms with Gasteiger partial charge in [0.2, 0.25) is 0 Å². The molecule has 2 unspecified atom stereocenters. The van der Waals surface area contributed by atoms with E-state index in [1.54, 1.807) is 0 Å². The molecule has 1 aliphatic heterocycles. The largest absolute Gasteiger partial charge is 0.401 e. The smallest absolute Gasteiger partial charge is 0.303 e. The lowest BCUT2D eigenvalue weighted by Gasteiger charge is -2.42. The summed E-state index contributed by atoms with van der Waals surface area (Å²) in [6, 6.07) is 0. The number of hydrogen-bond acceptors (Lipinski definition) is 3. The zero-order chi connectivity index (χ0) is 15.5. The summed E-state index contributed by atoms with van der Waals surface area (Å²) in [6.45, 7) is 4.18. The van der Waals surface area contributed by atoms with E-state index in [9.17, 15) is 18.0 Å². The highest BCUT2D eigenvalue weighted by Crippen LogP contribution is 2.38. The molecule has 21 heavy (non-hydrogen) atoms. The van der Waals surface area contributed by atoms with E-state index in [2.05, 4.69) is 11.8 Å². The van der Waals surface area contributed by atoms with Crippen molar-refractivity contribution in [1.29, 1.82) is 0 Å². The van der Waals surface area contributed by atoms with Crippen molar-refractivity contribution >= 4 is 6.29 Å². The molecule has 1 aliphatic carbocycles. The third-order valence-electron chi connectivity index (χ3n) is 4.78. The van der Waals surface area contributed by atoms with Gasteiger partial charge in [0.05, 0.1) is 6.54 Å². The summed E-state index contributed by atoms with van der Waals surface area (Å²) in [5, 5.41) is 0. The molecule has 2 rings (SSSR count). The van der Waals surface area contributed by atoms with Crippen molar-refractivity contribution in [2.45, 2.75) is 38.8 Å². The first-order chi connectivity index (χ1) is 9.82. The van der Waals surface area contributed by atoms with Crippen LogP contribution in [0.25, 0.3) is 0 Å². The van der Waals surface area contributed by atoms with E-state index in [1.807, 2.05) is 0 Å². The maximum absolute atomic E-state index is 12.4. The van der Waals surface area contributed by atoms with Crippen LogP contribution in [0.1, 0.15) is 32.6 Å². The van der Waals surface area contributed by atoms with Gasteiger partial charge in [0.1, 0.15) is 6.29 Å². The molecule has 0 amide bonds. The molecule has 2 atom stereocenters. The lowest BCUT2D eigenvalue weighted by Crippen LogP contribution is -2.52. The summed E-state index contributed by atoms with van der Waals surface area (Å²) in [5.74, 6) is 0.565. The molecule has 1 saturated carbocycles. The van der Waals surface area contributed by atoms with E-state index in [4.69, 9.17) is 0 Å². The summed E-state index contributed by atoms with van der Waals surface area (Å²) in [4.78, 5) is 15.2. The van der Waals surface area contributed by atoms with E-state index >= 15 is 0 Å². The first kappa shape index (κ1) is 16.7. The Hall–Kier alpha value is -0.620. The van der Waals surface area contributed by atoms with Gasteiger partial charge in [0.25, 0.3) is 0 Å². The Labute approximate surface area is 124 Å². The Morgan fingerprint density at radius 1 is 1.19 bits per heavy atom. The average molecular weight is 306 g/mol. The minimum Gasteiger partial charge on any atom is -0.303 e. The van der Waals surface area contributed by atoms with E-state index in [0.717, 1.165) is 25.5 Å². The van der Waals surface area contributed by atoms with Crippen LogP contribution in [-0.2, 0) is 4.79 Å². The van der Waals surface area contributed by atoms with Crippen molar-refractivity contribution in [3.63, 3.8) is 0 Å². The lowest BCUT2D eigenvalue weighted by atomic mass is 9.70. The number of carbonyl (C=O) groups excluding carboxylic acids is 1. The van der Waals surface area contributed by atoms with E-state index < -0.39 is 12.7 Å². The van der Waals surface area contributed by atoms with Gasteiger partial charge in [-0.15, -0.1) is 0 Å². The maximum Gasteiger partial charge on any atom is 0.401 e. The molecule has 0 radical (unpaired) electrons. The SMILES string of the molecule is CC1CCCC(C=O)(CN2CCN(CC(F)(F)F)CC2)C1. The van der Waals surface area contributed by atoms with Gasteiger partial charge in [0.15, 0.2) is 0 Å². The minimum atomic E-state index is -4.12. The van der Waals surface area contributed by atoms with E-state index in [0.29, 0.717) is 38.6 Å². The Kier molecular flexibility index (Phi) is 5.30. The second-order valence-corrected chi connectivity index (χ2v) is 6.85. The third kappa shape index (κ3) is 4.95. The van der Waals surface area contributed by atoms with Gasteiger partial charge in [-0.2, -0.15) is 13.2 Å². The minimum absolute atomic E-state index is 0.274. The zero-order valence-corrected chi connectivity index (χ0v) is 12.7. The summed E-state index contributed by atoms with van der Waals surface area (Å²) < 4.78 is 37.1. The molecule has 3 nitrogen and oxygen atoms in total. The zero-order valence-electron chi connectivity index (χ0n) is 12.7. The Bertz CT molecular complexity index is 353. The van der Waals surface area contributed by atoms with Crippen LogP contribution in [0.5, 0.6) is 0 Å². The molecule has 2 aliphatic rings. The molecule has 0 N–H and O–H groups in total. The Balaban J connectivity index is 1.83. The van der Waals surface area contributed by atoms with Gasteiger partial charge in [-0.1, -0.05) is 19.8 Å². The van der Waals surface area contributed by atoms with Gasteiger partial charge in [-0.05, 0) is 18.8 Å². The number of carbonyl (C=O) groups is 1. The van der Waals surface area contributed by atoms with Crippen molar-refractivity contribution in [2.24, 2.45) is 11.3 Å². The molecule has 0 aromatic carbocycles. The topological polar surface area (TPSA) is 23.6 Å². The monoisotopic (exact) mass is 306 g/mol. The van der Waals surface area contributed by atoms with Crippen molar-refractivity contribution in [3.05, 3.63) is 0 Å². The fourth-order valence-electron chi connectivity index (χ4n) is 3.79. The molecular formula is C15H25F3N2O. The highest BCUT2D eigenvalue weighted by molar-refractivity contribution is 5.60. The van der Waals surface area contributed by atoms with Crippen LogP contribution in [0.2, 0.25) is 0 Å². The van der Waals surface area contributed by atoms with Gasteiger partial charge < -0.3 is 4.79 Å². The fourth-order valence-corrected chi connectivity index (χ4v) is 3.79. The predicted octanol–water partition coefficient (Wildman–Crippen LogP) is 2.56. The Morgan fingerprint density at radius 3 is 2.33 bits per heavy atom. The van der Waals surface area contributed by atoms with Gasteiger partial charge in [0, 0.05) is 38.1 Å². The molecule has 1 heterocycles. The highest BCUT2D eigenvalue weighted by Gasteiger charge is 2.38. The second kappa shape index (κ2) is 6.65. The van der Waals surface area contributed by atoms with Crippen molar-refractivity contribution < 1.29 is 18.0 Å². The number of piperazine rings is 1. The molecule has 6 heteroatoms. The van der Waals surface area contributed by atoms with Gasteiger partial charge in [-0.3, -0.25) is 9.80 Å². The molecule has 0 bridgehead atoms. The van der Waals surface area contributed by atoms with Gasteiger partial charge >= 0.3 is 6.18 Å². The number of halogens is 3. The standard InChI is InChI=1S/C15H25F3N2O/c1-13-3-2-4-14(9-13,12-21)10-19-5-7-20(8-6-19)11-15(16,17)18/h12-13H,2-11H2,1H3. The molecule has 0 spiro atoms. The fraction of sp³-hybridized carbons (Fsp3) is 0.933. The molecule has 1 saturated heterocycles. The normalized spacial score (nSPS) is 33.0. The van der Waals surface area contributed by atoms with Crippen LogP contribution in [-0.4, -0.2) is 61.5 Å². The van der Waals surface area contributed by atoms with Crippen LogP contribution in [0, 0.1) is 11.3 Å². The molecule has 0 aromatic rings. The van der Waals surface area contributed by atoms with Crippen LogP contribution < -0.4 is 0 Å².